The van der Waals surface area contributed by atoms with E-state index < -0.39 is 0 Å². The summed E-state index contributed by atoms with van der Waals surface area (Å²) in [5.74, 6) is 1.54. The third-order valence-corrected chi connectivity index (χ3v) is 4.94. The van der Waals surface area contributed by atoms with Gasteiger partial charge in [0, 0.05) is 37.8 Å². The summed E-state index contributed by atoms with van der Waals surface area (Å²) < 4.78 is 7.20. The van der Waals surface area contributed by atoms with Crippen LogP contribution in [0.3, 0.4) is 0 Å². The second-order valence-corrected chi connectivity index (χ2v) is 6.60. The van der Waals surface area contributed by atoms with Crippen LogP contribution in [0.4, 0.5) is 5.82 Å². The lowest BCUT2D eigenvalue weighted by Gasteiger charge is -2.23. The van der Waals surface area contributed by atoms with Gasteiger partial charge >= 0.3 is 0 Å². The molecule has 8 heteroatoms. The predicted octanol–water partition coefficient (Wildman–Crippen LogP) is 2.22. The molecule has 4 rings (SSSR count). The van der Waals surface area contributed by atoms with Gasteiger partial charge in [0.2, 0.25) is 5.91 Å². The molecule has 0 radical (unpaired) electrons. The highest BCUT2D eigenvalue weighted by molar-refractivity contribution is 5.74. The smallest absolute Gasteiger partial charge is 0.219 e. The van der Waals surface area contributed by atoms with E-state index in [4.69, 9.17) is 4.74 Å². The number of carbonyl (C=O) groups excluding carboxylic acids is 1. The number of imidazole rings is 1. The average Bonchev–Trinajstić information content (AvgIpc) is 3.33. The molecule has 27 heavy (non-hydrogen) atoms. The summed E-state index contributed by atoms with van der Waals surface area (Å²) >= 11 is 0. The fraction of sp³-hybridized carbons (Fsp3) is 0.368. The Balaban J connectivity index is 1.60. The maximum atomic E-state index is 11.7. The van der Waals surface area contributed by atoms with E-state index in [-0.39, 0.29) is 11.9 Å². The van der Waals surface area contributed by atoms with Gasteiger partial charge < -0.3 is 15.0 Å². The molecule has 1 aliphatic heterocycles. The molecule has 1 fully saturated rings. The van der Waals surface area contributed by atoms with E-state index in [1.807, 2.05) is 23.1 Å². The van der Waals surface area contributed by atoms with Crippen molar-refractivity contribution in [1.82, 2.24) is 24.5 Å². The van der Waals surface area contributed by atoms with Crippen molar-refractivity contribution in [2.45, 2.75) is 25.8 Å². The molecule has 1 N–H and O–H groups in total. The molecular formula is C19H22N6O2. The molecule has 1 saturated heterocycles. The molecule has 1 aliphatic rings. The molecule has 3 aromatic rings. The normalized spacial score (nSPS) is 16.7. The summed E-state index contributed by atoms with van der Waals surface area (Å²) in [6.45, 7) is 3.14. The van der Waals surface area contributed by atoms with Gasteiger partial charge in [0.1, 0.15) is 11.6 Å². The average molecular weight is 366 g/mol. The number of ether oxygens (including phenoxy) is 1. The van der Waals surface area contributed by atoms with Crippen molar-refractivity contribution in [1.29, 1.82) is 0 Å². The van der Waals surface area contributed by atoms with E-state index in [1.165, 1.54) is 0 Å². The SMILES string of the molecule is COc1cnccc1-c1cnc2ccc(NCC3CCCN3C(C)=O)nn12. The standard InChI is InChI=1S/C19H22N6O2/c1-13(26)24-9-3-4-14(24)10-21-18-5-6-19-22-11-16(25(19)23-18)15-7-8-20-12-17(15)27-2/h5-8,11-12,14H,3-4,9-10H2,1-2H3,(H,21,23). The first-order valence-electron chi connectivity index (χ1n) is 9.01. The number of carbonyl (C=O) groups is 1. The molecule has 0 aromatic carbocycles. The minimum Gasteiger partial charge on any atom is -0.494 e. The molecule has 0 bridgehead atoms. The van der Waals surface area contributed by atoms with Crippen LogP contribution in [-0.4, -0.2) is 56.6 Å². The minimum absolute atomic E-state index is 0.129. The third-order valence-electron chi connectivity index (χ3n) is 4.94. The molecule has 1 atom stereocenters. The first-order valence-corrected chi connectivity index (χ1v) is 9.01. The van der Waals surface area contributed by atoms with Crippen LogP contribution in [-0.2, 0) is 4.79 Å². The van der Waals surface area contributed by atoms with Crippen LogP contribution in [0.2, 0.25) is 0 Å². The summed E-state index contributed by atoms with van der Waals surface area (Å²) in [5, 5.41) is 8.04. The summed E-state index contributed by atoms with van der Waals surface area (Å²) in [6, 6.07) is 5.92. The first kappa shape index (κ1) is 17.3. The van der Waals surface area contributed by atoms with Gasteiger partial charge in [-0.25, -0.2) is 9.50 Å². The number of hydrogen-bond acceptors (Lipinski definition) is 6. The van der Waals surface area contributed by atoms with Gasteiger partial charge in [-0.1, -0.05) is 0 Å². The van der Waals surface area contributed by atoms with Gasteiger partial charge in [-0.05, 0) is 31.0 Å². The van der Waals surface area contributed by atoms with Crippen molar-refractivity contribution in [3.05, 3.63) is 36.8 Å². The topological polar surface area (TPSA) is 84.7 Å². The number of nitrogens with zero attached hydrogens (tertiary/aromatic N) is 5. The molecule has 3 aromatic heterocycles. The zero-order valence-electron chi connectivity index (χ0n) is 15.4. The van der Waals surface area contributed by atoms with Crippen LogP contribution < -0.4 is 10.1 Å². The summed E-state index contributed by atoms with van der Waals surface area (Å²) in [7, 11) is 1.62. The molecule has 4 heterocycles. The Morgan fingerprint density at radius 2 is 2.22 bits per heavy atom. The van der Waals surface area contributed by atoms with Crippen molar-refractivity contribution in [3.63, 3.8) is 0 Å². The second kappa shape index (κ2) is 7.22. The molecule has 8 nitrogen and oxygen atoms in total. The number of methoxy groups -OCH3 is 1. The number of anilines is 1. The lowest BCUT2D eigenvalue weighted by molar-refractivity contribution is -0.129. The van der Waals surface area contributed by atoms with Gasteiger partial charge in [-0.15, -0.1) is 5.10 Å². The summed E-state index contributed by atoms with van der Waals surface area (Å²) in [5.41, 5.74) is 2.46. The Hall–Kier alpha value is -3.16. The Morgan fingerprint density at radius 1 is 1.33 bits per heavy atom. The van der Waals surface area contributed by atoms with Crippen molar-refractivity contribution in [2.24, 2.45) is 0 Å². The van der Waals surface area contributed by atoms with Gasteiger partial charge in [0.25, 0.3) is 0 Å². The van der Waals surface area contributed by atoms with E-state index in [0.29, 0.717) is 12.3 Å². The van der Waals surface area contributed by atoms with Crippen molar-refractivity contribution in [2.75, 3.05) is 25.5 Å². The van der Waals surface area contributed by atoms with Gasteiger partial charge in [-0.3, -0.25) is 9.78 Å². The summed E-state index contributed by atoms with van der Waals surface area (Å²) in [6.07, 6.45) is 7.23. The third kappa shape index (κ3) is 3.30. The first-order chi connectivity index (χ1) is 13.2. The van der Waals surface area contributed by atoms with Crippen molar-refractivity contribution in [3.8, 4) is 17.0 Å². The van der Waals surface area contributed by atoms with Crippen LogP contribution in [0.5, 0.6) is 5.75 Å². The van der Waals surface area contributed by atoms with Crippen LogP contribution in [0.25, 0.3) is 16.9 Å². The number of rotatable bonds is 5. The highest BCUT2D eigenvalue weighted by Crippen LogP contribution is 2.29. The predicted molar refractivity (Wildman–Crippen MR) is 102 cm³/mol. The van der Waals surface area contributed by atoms with Crippen LogP contribution >= 0.6 is 0 Å². The summed E-state index contributed by atoms with van der Waals surface area (Å²) in [4.78, 5) is 22.2. The molecule has 0 saturated carbocycles. The Bertz CT molecular complexity index is 970. The molecule has 1 unspecified atom stereocenters. The zero-order valence-corrected chi connectivity index (χ0v) is 15.4. The number of nitrogens with one attached hydrogen (secondary N) is 1. The van der Waals surface area contributed by atoms with Crippen molar-refractivity contribution < 1.29 is 9.53 Å². The fourth-order valence-electron chi connectivity index (χ4n) is 3.59. The highest BCUT2D eigenvalue weighted by Gasteiger charge is 2.26. The molecule has 0 spiro atoms. The van der Waals surface area contributed by atoms with E-state index in [9.17, 15) is 4.79 Å². The quantitative estimate of drug-likeness (QED) is 0.745. The van der Waals surface area contributed by atoms with Gasteiger partial charge in [-0.2, -0.15) is 0 Å². The van der Waals surface area contributed by atoms with Gasteiger partial charge in [0.15, 0.2) is 5.65 Å². The number of hydrogen-bond donors (Lipinski definition) is 1. The van der Waals surface area contributed by atoms with Gasteiger partial charge in [0.05, 0.1) is 25.2 Å². The lowest BCUT2D eigenvalue weighted by atomic mass is 10.2. The Kier molecular flexibility index (Phi) is 4.62. The number of aromatic nitrogens is 4. The van der Waals surface area contributed by atoms with Crippen molar-refractivity contribution >= 4 is 17.4 Å². The van der Waals surface area contributed by atoms with Crippen LogP contribution in [0.1, 0.15) is 19.8 Å². The monoisotopic (exact) mass is 366 g/mol. The number of pyridine rings is 1. The van der Waals surface area contributed by atoms with E-state index in [2.05, 4.69) is 20.4 Å². The van der Waals surface area contributed by atoms with Crippen LogP contribution in [0.15, 0.2) is 36.8 Å². The number of fused-ring (bicyclic) bond motifs is 1. The van der Waals surface area contributed by atoms with E-state index in [0.717, 1.165) is 42.1 Å². The Morgan fingerprint density at radius 3 is 3.04 bits per heavy atom. The van der Waals surface area contributed by atoms with E-state index in [1.54, 1.807) is 37.1 Å². The number of likely N-dealkylation sites (tertiary alicyclic amines) is 1. The second-order valence-electron chi connectivity index (χ2n) is 6.60. The largest absolute Gasteiger partial charge is 0.494 e. The Labute approximate surface area is 157 Å². The molecule has 0 aliphatic carbocycles. The molecule has 140 valence electrons. The zero-order chi connectivity index (χ0) is 18.8. The maximum absolute atomic E-state index is 11.7. The number of amides is 1. The lowest BCUT2D eigenvalue weighted by Crippen LogP contribution is -2.38. The maximum Gasteiger partial charge on any atom is 0.219 e. The highest BCUT2D eigenvalue weighted by atomic mass is 16.5. The van der Waals surface area contributed by atoms with E-state index >= 15 is 0 Å². The fourth-order valence-corrected chi connectivity index (χ4v) is 3.59. The van der Waals surface area contributed by atoms with Crippen LogP contribution in [0, 0.1) is 0 Å². The molecular weight excluding hydrogens is 344 g/mol. The minimum atomic E-state index is 0.129. The molecule has 1 amide bonds.